The zero-order chi connectivity index (χ0) is 19.8. The zero-order valence-corrected chi connectivity index (χ0v) is 16.3. The highest BCUT2D eigenvalue weighted by Gasteiger charge is 2.11. The molecule has 0 aliphatic carbocycles. The summed E-state index contributed by atoms with van der Waals surface area (Å²) in [5.74, 6) is 0.0151. The first-order valence-corrected chi connectivity index (χ1v) is 9.94. The minimum atomic E-state index is -0.402. The number of thioether (sulfide) groups is 1. The summed E-state index contributed by atoms with van der Waals surface area (Å²) in [5.41, 5.74) is 6.60. The minimum absolute atomic E-state index is 0.0668. The van der Waals surface area contributed by atoms with E-state index in [-0.39, 0.29) is 11.7 Å². The molecule has 0 radical (unpaired) electrons. The molecule has 146 valence electrons. The summed E-state index contributed by atoms with van der Waals surface area (Å²) in [6.45, 7) is 2.74. The molecule has 8 heteroatoms. The summed E-state index contributed by atoms with van der Waals surface area (Å²) in [5, 5.41) is 0.404. The highest BCUT2D eigenvalue weighted by Crippen LogP contribution is 2.22. The first-order chi connectivity index (χ1) is 13.7. The Hall–Kier alpha value is -3.00. The third-order valence-electron chi connectivity index (χ3n) is 3.80. The smallest absolute Gasteiger partial charge is 0.269 e. The molecular formula is C20H21N3O4S. The van der Waals surface area contributed by atoms with Crippen molar-refractivity contribution in [2.45, 2.75) is 25.0 Å². The van der Waals surface area contributed by atoms with E-state index >= 15 is 0 Å². The maximum absolute atomic E-state index is 12.1. The Balaban J connectivity index is 1.42. The molecule has 0 saturated heterocycles. The quantitative estimate of drug-likeness (QED) is 0.342. The number of para-hydroxylation sites is 2. The molecule has 0 aliphatic heterocycles. The molecule has 0 bridgehead atoms. The van der Waals surface area contributed by atoms with Crippen molar-refractivity contribution in [3.05, 3.63) is 54.1 Å². The third kappa shape index (κ3) is 5.50. The van der Waals surface area contributed by atoms with Crippen molar-refractivity contribution in [2.24, 2.45) is 0 Å². The molecule has 0 fully saturated rings. The lowest BCUT2D eigenvalue weighted by Gasteiger charge is -2.08. The van der Waals surface area contributed by atoms with Crippen LogP contribution in [-0.4, -0.2) is 29.2 Å². The number of hydrogen-bond donors (Lipinski definition) is 2. The number of nitrogens with zero attached hydrogens (tertiary/aromatic N) is 1. The zero-order valence-electron chi connectivity index (χ0n) is 15.4. The number of nitrogens with one attached hydrogen (secondary N) is 2. The number of carbonyl (C=O) groups is 2. The van der Waals surface area contributed by atoms with Gasteiger partial charge in [-0.3, -0.25) is 20.4 Å². The highest BCUT2D eigenvalue weighted by molar-refractivity contribution is 7.99. The van der Waals surface area contributed by atoms with Gasteiger partial charge < -0.3 is 9.15 Å². The summed E-state index contributed by atoms with van der Waals surface area (Å²) in [6, 6.07) is 14.1. The Morgan fingerprint density at radius 3 is 2.64 bits per heavy atom. The van der Waals surface area contributed by atoms with Crippen LogP contribution in [0.3, 0.4) is 0 Å². The van der Waals surface area contributed by atoms with Gasteiger partial charge in [0.15, 0.2) is 5.58 Å². The summed E-state index contributed by atoms with van der Waals surface area (Å²) in [4.78, 5) is 28.3. The van der Waals surface area contributed by atoms with E-state index in [1.54, 1.807) is 24.3 Å². The van der Waals surface area contributed by atoms with Crippen molar-refractivity contribution in [2.75, 3.05) is 12.4 Å². The van der Waals surface area contributed by atoms with E-state index in [2.05, 4.69) is 22.8 Å². The van der Waals surface area contributed by atoms with Crippen molar-refractivity contribution < 1.29 is 18.7 Å². The molecule has 0 atom stereocenters. The van der Waals surface area contributed by atoms with E-state index < -0.39 is 5.91 Å². The largest absolute Gasteiger partial charge is 0.494 e. The van der Waals surface area contributed by atoms with Gasteiger partial charge in [0.1, 0.15) is 11.3 Å². The number of amides is 2. The maximum Gasteiger partial charge on any atom is 0.269 e. The highest BCUT2D eigenvalue weighted by atomic mass is 32.2. The molecule has 7 nitrogen and oxygen atoms in total. The normalized spacial score (nSPS) is 10.6. The molecule has 0 spiro atoms. The van der Waals surface area contributed by atoms with Gasteiger partial charge >= 0.3 is 0 Å². The van der Waals surface area contributed by atoms with Crippen LogP contribution in [0.1, 0.15) is 30.1 Å². The SMILES string of the molecule is CCCCOc1ccc(C(=O)NNC(=O)CSc2nc3ccccc3o2)cc1. The Labute approximate surface area is 166 Å². The lowest BCUT2D eigenvalue weighted by molar-refractivity contribution is -0.119. The molecule has 3 aromatic rings. The Morgan fingerprint density at radius 2 is 1.89 bits per heavy atom. The third-order valence-corrected chi connectivity index (χ3v) is 4.63. The van der Waals surface area contributed by atoms with Gasteiger partial charge in [-0.1, -0.05) is 37.2 Å². The van der Waals surface area contributed by atoms with Crippen molar-refractivity contribution in [1.82, 2.24) is 15.8 Å². The van der Waals surface area contributed by atoms with Gasteiger partial charge in [0, 0.05) is 5.56 Å². The summed E-state index contributed by atoms with van der Waals surface area (Å²) in [7, 11) is 0. The number of carbonyl (C=O) groups excluding carboxylic acids is 2. The second-order valence-corrected chi connectivity index (χ2v) is 6.89. The van der Waals surface area contributed by atoms with Gasteiger partial charge in [-0.15, -0.1) is 0 Å². The average Bonchev–Trinajstić information content (AvgIpc) is 3.14. The summed E-state index contributed by atoms with van der Waals surface area (Å²) < 4.78 is 11.1. The lowest BCUT2D eigenvalue weighted by atomic mass is 10.2. The van der Waals surface area contributed by atoms with E-state index in [9.17, 15) is 9.59 Å². The standard InChI is InChI=1S/C20H21N3O4S/c1-2-3-12-26-15-10-8-14(9-11-15)19(25)23-22-18(24)13-28-20-21-16-6-4-5-7-17(16)27-20/h4-11H,2-3,12-13H2,1H3,(H,22,24)(H,23,25). The van der Waals surface area contributed by atoms with Crippen molar-refractivity contribution >= 4 is 34.7 Å². The first-order valence-electron chi connectivity index (χ1n) is 8.96. The van der Waals surface area contributed by atoms with Crippen LogP contribution >= 0.6 is 11.8 Å². The molecule has 2 aromatic carbocycles. The Morgan fingerprint density at radius 1 is 1.11 bits per heavy atom. The van der Waals surface area contributed by atoms with Gasteiger partial charge in [0.05, 0.1) is 12.4 Å². The lowest BCUT2D eigenvalue weighted by Crippen LogP contribution is -2.42. The Kier molecular flexibility index (Phi) is 6.91. The van der Waals surface area contributed by atoms with Crippen molar-refractivity contribution in [3.8, 4) is 5.75 Å². The monoisotopic (exact) mass is 399 g/mol. The van der Waals surface area contributed by atoms with Crippen molar-refractivity contribution in [3.63, 3.8) is 0 Å². The summed E-state index contributed by atoms with van der Waals surface area (Å²) >= 11 is 1.16. The van der Waals surface area contributed by atoms with Gasteiger partial charge in [-0.2, -0.15) is 0 Å². The number of hydrogen-bond acceptors (Lipinski definition) is 6. The minimum Gasteiger partial charge on any atom is -0.494 e. The predicted molar refractivity (Wildman–Crippen MR) is 107 cm³/mol. The van der Waals surface area contributed by atoms with Crippen LogP contribution in [-0.2, 0) is 4.79 Å². The number of fused-ring (bicyclic) bond motifs is 1. The van der Waals surface area contributed by atoms with Crippen LogP contribution in [0.5, 0.6) is 5.75 Å². The number of oxazole rings is 1. The molecule has 2 N–H and O–H groups in total. The molecule has 0 unspecified atom stereocenters. The van der Waals surface area contributed by atoms with Crippen LogP contribution in [0, 0.1) is 0 Å². The molecule has 2 amide bonds. The fourth-order valence-corrected chi connectivity index (χ4v) is 2.95. The van der Waals surface area contributed by atoms with Gasteiger partial charge in [0.2, 0.25) is 5.91 Å². The van der Waals surface area contributed by atoms with E-state index in [1.807, 2.05) is 24.3 Å². The molecule has 1 aromatic heterocycles. The molecule has 28 heavy (non-hydrogen) atoms. The second kappa shape index (κ2) is 9.80. The first kappa shape index (κ1) is 19.8. The molecule has 1 heterocycles. The predicted octanol–water partition coefficient (Wildman–Crippen LogP) is 3.56. The van der Waals surface area contributed by atoms with Crippen molar-refractivity contribution in [1.29, 1.82) is 0 Å². The number of unbranched alkanes of at least 4 members (excludes halogenated alkanes) is 1. The average molecular weight is 399 g/mol. The number of rotatable bonds is 8. The van der Waals surface area contributed by atoms with Gasteiger partial charge in [-0.05, 0) is 42.8 Å². The van der Waals surface area contributed by atoms with Crippen LogP contribution in [0.2, 0.25) is 0 Å². The van der Waals surface area contributed by atoms with E-state index in [0.717, 1.165) is 30.1 Å². The molecule has 0 aliphatic rings. The summed E-state index contributed by atoms with van der Waals surface area (Å²) in [6.07, 6.45) is 2.04. The van der Waals surface area contributed by atoms with Crippen LogP contribution in [0.25, 0.3) is 11.1 Å². The fourth-order valence-electron chi connectivity index (χ4n) is 2.31. The number of benzene rings is 2. The maximum atomic E-state index is 12.1. The van der Waals surface area contributed by atoms with E-state index in [1.165, 1.54) is 0 Å². The van der Waals surface area contributed by atoms with Gasteiger partial charge in [-0.25, -0.2) is 4.98 Å². The Bertz CT molecular complexity index is 907. The number of aromatic nitrogens is 1. The fraction of sp³-hybridized carbons (Fsp3) is 0.250. The number of ether oxygens (including phenoxy) is 1. The van der Waals surface area contributed by atoms with Crippen LogP contribution < -0.4 is 15.6 Å². The van der Waals surface area contributed by atoms with Crippen LogP contribution in [0.4, 0.5) is 0 Å². The molecule has 0 saturated carbocycles. The van der Waals surface area contributed by atoms with E-state index in [4.69, 9.17) is 9.15 Å². The molecule has 3 rings (SSSR count). The van der Waals surface area contributed by atoms with E-state index in [0.29, 0.717) is 28.7 Å². The topological polar surface area (TPSA) is 93.5 Å². The molecular weight excluding hydrogens is 378 g/mol. The number of hydrazine groups is 1. The van der Waals surface area contributed by atoms with Crippen LogP contribution in [0.15, 0.2) is 58.2 Å². The second-order valence-electron chi connectivity index (χ2n) is 5.96. The van der Waals surface area contributed by atoms with Gasteiger partial charge in [0.25, 0.3) is 11.1 Å².